The van der Waals surface area contributed by atoms with Crippen LogP contribution in [0.25, 0.3) is 6.08 Å². The molecule has 0 aliphatic heterocycles. The largest absolute Gasteiger partial charge is 0.495 e. The molecule has 0 aromatic heterocycles. The van der Waals surface area contributed by atoms with Crippen LogP contribution in [0, 0.1) is 17.1 Å². The third kappa shape index (κ3) is 4.94. The lowest BCUT2D eigenvalue weighted by Crippen LogP contribution is -2.26. The van der Waals surface area contributed by atoms with Crippen LogP contribution < -0.4 is 14.8 Å². The molecule has 1 atom stereocenters. The highest BCUT2D eigenvalue weighted by Crippen LogP contribution is 2.25. The third-order valence-corrected chi connectivity index (χ3v) is 5.24. The zero-order valence-electron chi connectivity index (χ0n) is 15.1. The van der Waals surface area contributed by atoms with Gasteiger partial charge in [0, 0.05) is 11.6 Å². The first-order valence-electron chi connectivity index (χ1n) is 8.06. The smallest absolute Gasteiger partial charge is 0.245 e. The summed E-state index contributed by atoms with van der Waals surface area (Å²) in [4.78, 5) is 12.0. The number of rotatable bonds is 7. The minimum atomic E-state index is -3.76. The molecule has 146 valence electrons. The zero-order valence-corrected chi connectivity index (χ0v) is 16.0. The van der Waals surface area contributed by atoms with E-state index in [9.17, 15) is 22.9 Å². The van der Waals surface area contributed by atoms with Gasteiger partial charge in [0.1, 0.15) is 22.5 Å². The van der Waals surface area contributed by atoms with Crippen LogP contribution in [0.15, 0.2) is 53.4 Å². The maximum Gasteiger partial charge on any atom is 0.245 e. The van der Waals surface area contributed by atoms with E-state index in [1.807, 2.05) is 6.07 Å². The van der Waals surface area contributed by atoms with E-state index in [1.165, 1.54) is 50.6 Å². The Bertz CT molecular complexity index is 1050. The number of hydrogen-bond donors (Lipinski definition) is 2. The fourth-order valence-electron chi connectivity index (χ4n) is 2.37. The van der Waals surface area contributed by atoms with E-state index in [0.717, 1.165) is 6.08 Å². The molecule has 1 amide bonds. The molecule has 0 aliphatic rings. The number of benzene rings is 2. The van der Waals surface area contributed by atoms with E-state index >= 15 is 0 Å². The van der Waals surface area contributed by atoms with Crippen molar-refractivity contribution in [1.29, 1.82) is 5.26 Å². The van der Waals surface area contributed by atoms with Crippen molar-refractivity contribution in [2.75, 3.05) is 14.2 Å². The minimum Gasteiger partial charge on any atom is -0.495 e. The zero-order chi connectivity index (χ0) is 20.7. The Morgan fingerprint density at radius 1 is 1.29 bits per heavy atom. The average Bonchev–Trinajstić information content (AvgIpc) is 2.70. The van der Waals surface area contributed by atoms with Crippen molar-refractivity contribution in [2.24, 2.45) is 0 Å². The molecule has 9 heteroatoms. The van der Waals surface area contributed by atoms with Gasteiger partial charge in [0.05, 0.1) is 13.2 Å². The molecular formula is C19H18FN3O4S. The van der Waals surface area contributed by atoms with E-state index in [1.54, 1.807) is 12.1 Å². The lowest BCUT2D eigenvalue weighted by molar-refractivity contribution is -0.116. The Kier molecular flexibility index (Phi) is 6.87. The van der Waals surface area contributed by atoms with Crippen molar-refractivity contribution in [1.82, 2.24) is 10.0 Å². The first kappa shape index (κ1) is 21.1. The Labute approximate surface area is 162 Å². The van der Waals surface area contributed by atoms with Gasteiger partial charge in [0.25, 0.3) is 0 Å². The number of carbonyl (C=O) groups is 1. The van der Waals surface area contributed by atoms with Crippen LogP contribution in [-0.4, -0.2) is 28.5 Å². The molecule has 2 aromatic carbocycles. The highest BCUT2D eigenvalue weighted by molar-refractivity contribution is 7.89. The highest BCUT2D eigenvalue weighted by atomic mass is 32.2. The van der Waals surface area contributed by atoms with Gasteiger partial charge in [-0.25, -0.2) is 17.5 Å². The summed E-state index contributed by atoms with van der Waals surface area (Å²) in [6.07, 6.45) is 2.50. The predicted octanol–water partition coefficient (Wildman–Crippen LogP) is 2.14. The lowest BCUT2D eigenvalue weighted by atomic mass is 10.1. The first-order chi connectivity index (χ1) is 13.3. The van der Waals surface area contributed by atoms with E-state index in [-0.39, 0.29) is 16.2 Å². The van der Waals surface area contributed by atoms with Gasteiger partial charge in [-0.2, -0.15) is 5.26 Å². The van der Waals surface area contributed by atoms with Crippen LogP contribution in [0.1, 0.15) is 17.2 Å². The quantitative estimate of drug-likeness (QED) is 0.689. The van der Waals surface area contributed by atoms with Crippen LogP contribution in [-0.2, 0) is 14.8 Å². The summed E-state index contributed by atoms with van der Waals surface area (Å²) in [5.74, 6) is -1.08. The molecule has 7 nitrogen and oxygen atoms in total. The molecule has 0 spiro atoms. The van der Waals surface area contributed by atoms with E-state index in [2.05, 4.69) is 10.0 Å². The summed E-state index contributed by atoms with van der Waals surface area (Å²) in [5, 5.41) is 11.6. The van der Waals surface area contributed by atoms with Gasteiger partial charge in [-0.1, -0.05) is 24.3 Å². The van der Waals surface area contributed by atoms with Crippen LogP contribution in [0.3, 0.4) is 0 Å². The number of nitriles is 1. The highest BCUT2D eigenvalue weighted by Gasteiger charge is 2.18. The van der Waals surface area contributed by atoms with Crippen molar-refractivity contribution in [3.8, 4) is 11.8 Å². The Hall–Kier alpha value is -3.22. The average molecular weight is 403 g/mol. The summed E-state index contributed by atoms with van der Waals surface area (Å²) in [7, 11) is -1.14. The molecule has 0 saturated heterocycles. The maximum atomic E-state index is 13.8. The van der Waals surface area contributed by atoms with Crippen molar-refractivity contribution in [3.05, 3.63) is 65.5 Å². The molecule has 2 aromatic rings. The number of amides is 1. The summed E-state index contributed by atoms with van der Waals surface area (Å²) < 4.78 is 45.2. The van der Waals surface area contributed by atoms with Crippen LogP contribution in [0.5, 0.6) is 5.75 Å². The molecule has 0 aliphatic carbocycles. The molecule has 0 fully saturated rings. The van der Waals surface area contributed by atoms with Gasteiger partial charge in [-0.05, 0) is 36.9 Å². The fraction of sp³-hybridized carbons (Fsp3) is 0.158. The number of nitrogens with zero attached hydrogens (tertiary/aromatic N) is 1. The van der Waals surface area contributed by atoms with Gasteiger partial charge in [-0.3, -0.25) is 4.79 Å². The molecule has 28 heavy (non-hydrogen) atoms. The number of sulfonamides is 1. The molecule has 0 heterocycles. The Morgan fingerprint density at radius 2 is 2.00 bits per heavy atom. The van der Waals surface area contributed by atoms with E-state index in [4.69, 9.17) is 4.74 Å². The first-order valence-corrected chi connectivity index (χ1v) is 9.55. The fourth-order valence-corrected chi connectivity index (χ4v) is 3.30. The molecule has 0 bridgehead atoms. The second kappa shape index (κ2) is 9.12. The SMILES string of the molecule is CNS(=O)(=O)c1cc(/C=C/C(=O)NC(C#N)c2ccccc2F)ccc1OC. The Morgan fingerprint density at radius 3 is 2.61 bits per heavy atom. The van der Waals surface area contributed by atoms with Crippen molar-refractivity contribution in [3.63, 3.8) is 0 Å². The number of ether oxygens (including phenoxy) is 1. The van der Waals surface area contributed by atoms with Gasteiger partial charge in [-0.15, -0.1) is 0 Å². The van der Waals surface area contributed by atoms with E-state index in [0.29, 0.717) is 5.56 Å². The van der Waals surface area contributed by atoms with Crippen LogP contribution >= 0.6 is 0 Å². The molecule has 1 unspecified atom stereocenters. The van der Waals surface area contributed by atoms with Crippen LogP contribution in [0.4, 0.5) is 4.39 Å². The third-order valence-electron chi connectivity index (χ3n) is 3.81. The van der Waals surface area contributed by atoms with Gasteiger partial charge < -0.3 is 10.1 Å². The van der Waals surface area contributed by atoms with E-state index < -0.39 is 27.8 Å². The molecule has 0 radical (unpaired) electrons. The normalized spacial score (nSPS) is 12.4. The molecule has 2 N–H and O–H groups in total. The minimum absolute atomic E-state index is 0.0543. The summed E-state index contributed by atoms with van der Waals surface area (Å²) in [6, 6.07) is 10.7. The lowest BCUT2D eigenvalue weighted by Gasteiger charge is -2.11. The second-order valence-electron chi connectivity index (χ2n) is 5.54. The molecule has 2 rings (SSSR count). The summed E-state index contributed by atoms with van der Waals surface area (Å²) in [6.45, 7) is 0. The van der Waals surface area contributed by atoms with Crippen molar-refractivity contribution in [2.45, 2.75) is 10.9 Å². The molecule has 0 saturated carbocycles. The second-order valence-corrected chi connectivity index (χ2v) is 7.40. The number of methoxy groups -OCH3 is 1. The summed E-state index contributed by atoms with van der Waals surface area (Å²) >= 11 is 0. The van der Waals surface area contributed by atoms with Crippen molar-refractivity contribution < 1.29 is 22.3 Å². The van der Waals surface area contributed by atoms with Gasteiger partial charge in [0.2, 0.25) is 15.9 Å². The maximum absolute atomic E-state index is 13.8. The predicted molar refractivity (Wildman–Crippen MR) is 101 cm³/mol. The van der Waals surface area contributed by atoms with Gasteiger partial charge in [0.15, 0.2) is 0 Å². The number of hydrogen-bond acceptors (Lipinski definition) is 5. The number of carbonyl (C=O) groups excluding carboxylic acids is 1. The summed E-state index contributed by atoms with van der Waals surface area (Å²) in [5.41, 5.74) is 0.475. The number of halogens is 1. The van der Waals surface area contributed by atoms with Gasteiger partial charge >= 0.3 is 0 Å². The Balaban J connectivity index is 2.21. The monoisotopic (exact) mass is 403 g/mol. The topological polar surface area (TPSA) is 108 Å². The number of nitrogens with one attached hydrogen (secondary N) is 2. The molecular weight excluding hydrogens is 385 g/mol. The standard InChI is InChI=1S/C19H18FN3O4S/c1-22-28(25,26)18-11-13(7-9-17(18)27-2)8-10-19(24)23-16(12-21)14-5-3-4-6-15(14)20/h3-11,16,22H,1-2H3,(H,23,24)/b10-8+. The van der Waals surface area contributed by atoms with Crippen molar-refractivity contribution >= 4 is 22.0 Å². The van der Waals surface area contributed by atoms with Crippen LogP contribution in [0.2, 0.25) is 0 Å².